The first kappa shape index (κ1) is 24.8. The Balaban J connectivity index is 1.54. The predicted octanol–water partition coefficient (Wildman–Crippen LogP) is 7.20. The minimum absolute atomic E-state index is 0.00210. The molecule has 0 saturated carbocycles. The largest absolute Gasteiger partial charge is 0.497 e. The first-order chi connectivity index (χ1) is 17.3. The third-order valence-electron chi connectivity index (χ3n) is 5.43. The van der Waals surface area contributed by atoms with E-state index in [2.05, 4.69) is 0 Å². The average Bonchev–Trinajstić information content (AvgIpc) is 2.89. The van der Waals surface area contributed by atoms with Crippen molar-refractivity contribution in [3.8, 4) is 39.5 Å². The van der Waals surface area contributed by atoms with Gasteiger partial charge in [0.05, 0.1) is 19.3 Å². The summed E-state index contributed by atoms with van der Waals surface area (Å²) in [5, 5.41) is 0. The molecule has 0 aliphatic carbocycles. The van der Waals surface area contributed by atoms with Crippen LogP contribution >= 0.6 is 0 Å². The highest BCUT2D eigenvalue weighted by atomic mass is 19.2. The van der Waals surface area contributed by atoms with Crippen LogP contribution in [0.4, 0.5) is 17.6 Å². The number of carbonyl (C=O) groups excluding carboxylic acids is 1. The van der Waals surface area contributed by atoms with Crippen LogP contribution in [0.2, 0.25) is 0 Å². The predicted molar refractivity (Wildman–Crippen MR) is 126 cm³/mol. The molecule has 0 atom stereocenters. The smallest absolute Gasteiger partial charge is 0.346 e. The van der Waals surface area contributed by atoms with Gasteiger partial charge >= 0.3 is 5.97 Å². The van der Waals surface area contributed by atoms with Gasteiger partial charge < -0.3 is 14.2 Å². The Morgan fingerprint density at radius 3 is 1.69 bits per heavy atom. The van der Waals surface area contributed by atoms with Crippen LogP contribution in [-0.2, 0) is 0 Å². The molecule has 0 unspecified atom stereocenters. The molecular formula is C28H20F4O4. The SMILES string of the molecule is CCOc1ccc(C(=O)Oc2ccc(-c3ccc(-c4ccc(OC)cc4)c(F)c3F)cc2)c(F)c1F. The number of methoxy groups -OCH3 is 1. The van der Waals surface area contributed by atoms with Crippen molar-refractivity contribution in [3.63, 3.8) is 0 Å². The van der Waals surface area contributed by atoms with Gasteiger partial charge in [0.25, 0.3) is 0 Å². The quantitative estimate of drug-likeness (QED) is 0.154. The molecule has 4 rings (SSSR count). The average molecular weight is 496 g/mol. The minimum atomic E-state index is -1.39. The van der Waals surface area contributed by atoms with Crippen LogP contribution < -0.4 is 14.2 Å². The number of rotatable bonds is 7. The van der Waals surface area contributed by atoms with Crippen molar-refractivity contribution in [2.24, 2.45) is 0 Å². The van der Waals surface area contributed by atoms with E-state index in [1.807, 2.05) is 0 Å². The second kappa shape index (κ2) is 10.5. The van der Waals surface area contributed by atoms with Crippen molar-refractivity contribution in [1.29, 1.82) is 0 Å². The molecule has 0 heterocycles. The summed E-state index contributed by atoms with van der Waals surface area (Å²) in [6.07, 6.45) is 0. The molecule has 184 valence electrons. The normalized spacial score (nSPS) is 10.7. The van der Waals surface area contributed by atoms with E-state index in [0.29, 0.717) is 16.9 Å². The fourth-order valence-corrected chi connectivity index (χ4v) is 3.59. The third kappa shape index (κ3) is 4.88. The zero-order valence-corrected chi connectivity index (χ0v) is 19.3. The van der Waals surface area contributed by atoms with Crippen LogP contribution in [-0.4, -0.2) is 19.7 Å². The molecule has 0 N–H and O–H groups in total. The molecule has 0 aliphatic rings. The molecule has 8 heteroatoms. The summed E-state index contributed by atoms with van der Waals surface area (Å²) in [4.78, 5) is 12.3. The molecule has 4 aromatic rings. The lowest BCUT2D eigenvalue weighted by molar-refractivity contribution is 0.0728. The molecule has 0 aliphatic heterocycles. The maximum atomic E-state index is 14.9. The van der Waals surface area contributed by atoms with Gasteiger partial charge in [0, 0.05) is 11.1 Å². The molecule has 0 radical (unpaired) electrons. The second-order valence-electron chi connectivity index (χ2n) is 7.60. The number of esters is 1. The second-order valence-corrected chi connectivity index (χ2v) is 7.60. The van der Waals surface area contributed by atoms with E-state index in [-0.39, 0.29) is 29.2 Å². The number of carbonyl (C=O) groups is 1. The number of hydrogen-bond acceptors (Lipinski definition) is 4. The Labute approximate surface area is 204 Å². The maximum absolute atomic E-state index is 14.9. The number of ether oxygens (including phenoxy) is 3. The van der Waals surface area contributed by atoms with Gasteiger partial charge in [0.15, 0.2) is 23.2 Å². The molecule has 0 aromatic heterocycles. The van der Waals surface area contributed by atoms with Crippen molar-refractivity contribution in [3.05, 3.63) is 102 Å². The van der Waals surface area contributed by atoms with Gasteiger partial charge in [-0.15, -0.1) is 0 Å². The molecule has 0 bridgehead atoms. The van der Waals surface area contributed by atoms with Crippen LogP contribution in [0.25, 0.3) is 22.3 Å². The summed E-state index contributed by atoms with van der Waals surface area (Å²) in [5.74, 6) is -5.58. The highest BCUT2D eigenvalue weighted by Gasteiger charge is 2.21. The highest BCUT2D eigenvalue weighted by molar-refractivity contribution is 5.91. The van der Waals surface area contributed by atoms with Crippen molar-refractivity contribution in [2.75, 3.05) is 13.7 Å². The first-order valence-corrected chi connectivity index (χ1v) is 10.9. The zero-order valence-electron chi connectivity index (χ0n) is 19.3. The van der Waals surface area contributed by atoms with E-state index in [0.717, 1.165) is 12.1 Å². The third-order valence-corrected chi connectivity index (χ3v) is 5.43. The van der Waals surface area contributed by atoms with E-state index in [9.17, 15) is 22.4 Å². The fourth-order valence-electron chi connectivity index (χ4n) is 3.59. The van der Waals surface area contributed by atoms with E-state index in [1.165, 1.54) is 43.5 Å². The van der Waals surface area contributed by atoms with Crippen molar-refractivity contribution >= 4 is 5.97 Å². The number of benzene rings is 4. The van der Waals surface area contributed by atoms with Crippen LogP contribution in [0, 0.1) is 23.3 Å². The van der Waals surface area contributed by atoms with Crippen LogP contribution in [0.15, 0.2) is 72.8 Å². The lowest BCUT2D eigenvalue weighted by Crippen LogP contribution is -2.12. The van der Waals surface area contributed by atoms with Crippen molar-refractivity contribution in [1.82, 2.24) is 0 Å². The van der Waals surface area contributed by atoms with E-state index >= 15 is 0 Å². The number of hydrogen-bond donors (Lipinski definition) is 0. The summed E-state index contributed by atoms with van der Waals surface area (Å²) < 4.78 is 73.2. The lowest BCUT2D eigenvalue weighted by Gasteiger charge is -2.11. The molecule has 0 fully saturated rings. The van der Waals surface area contributed by atoms with E-state index in [1.54, 1.807) is 31.2 Å². The molecule has 0 amide bonds. The Morgan fingerprint density at radius 1 is 0.667 bits per heavy atom. The van der Waals surface area contributed by atoms with E-state index < -0.39 is 34.8 Å². The van der Waals surface area contributed by atoms with Crippen molar-refractivity contribution in [2.45, 2.75) is 6.92 Å². The summed E-state index contributed by atoms with van der Waals surface area (Å²) >= 11 is 0. The molecule has 0 saturated heterocycles. The van der Waals surface area contributed by atoms with Crippen LogP contribution in [0.3, 0.4) is 0 Å². The Hall–Kier alpha value is -4.33. The molecule has 0 spiro atoms. The minimum Gasteiger partial charge on any atom is -0.497 e. The van der Waals surface area contributed by atoms with Crippen molar-refractivity contribution < 1.29 is 36.6 Å². The van der Waals surface area contributed by atoms with E-state index in [4.69, 9.17) is 14.2 Å². The van der Waals surface area contributed by atoms with Gasteiger partial charge in [-0.05, 0) is 54.4 Å². The lowest BCUT2D eigenvalue weighted by atomic mass is 9.98. The molecule has 36 heavy (non-hydrogen) atoms. The van der Waals surface area contributed by atoms with Gasteiger partial charge in [-0.1, -0.05) is 36.4 Å². The molecule has 4 nitrogen and oxygen atoms in total. The molecular weight excluding hydrogens is 476 g/mol. The van der Waals surface area contributed by atoms with Gasteiger partial charge in [-0.2, -0.15) is 4.39 Å². The monoisotopic (exact) mass is 496 g/mol. The van der Waals surface area contributed by atoms with Gasteiger partial charge in [-0.3, -0.25) is 0 Å². The summed E-state index contributed by atoms with van der Waals surface area (Å²) in [6.45, 7) is 1.74. The summed E-state index contributed by atoms with van der Waals surface area (Å²) in [5.41, 5.74) is 0.295. The van der Waals surface area contributed by atoms with Crippen LogP contribution in [0.5, 0.6) is 17.2 Å². The zero-order chi connectivity index (χ0) is 25.8. The Bertz CT molecular complexity index is 1400. The Kier molecular flexibility index (Phi) is 7.24. The van der Waals surface area contributed by atoms with Gasteiger partial charge in [-0.25, -0.2) is 18.0 Å². The number of halogens is 4. The highest BCUT2D eigenvalue weighted by Crippen LogP contribution is 2.33. The summed E-state index contributed by atoms with van der Waals surface area (Å²) in [6, 6.07) is 17.2. The van der Waals surface area contributed by atoms with Crippen LogP contribution in [0.1, 0.15) is 17.3 Å². The maximum Gasteiger partial charge on any atom is 0.346 e. The van der Waals surface area contributed by atoms with Gasteiger partial charge in [0.1, 0.15) is 11.5 Å². The van der Waals surface area contributed by atoms with Gasteiger partial charge in [0.2, 0.25) is 5.82 Å². The standard InChI is InChI=1S/C28H20F4O4/c1-3-35-23-15-14-22(26(31)27(23)32)28(33)36-19-10-6-17(7-11-19)21-13-12-20(24(29)25(21)30)16-4-8-18(34-2)9-5-16/h4-15H,3H2,1-2H3. The topological polar surface area (TPSA) is 44.8 Å². The fraction of sp³-hybridized carbons (Fsp3) is 0.107. The molecule has 4 aromatic carbocycles. The summed E-state index contributed by atoms with van der Waals surface area (Å²) in [7, 11) is 1.51. The first-order valence-electron chi connectivity index (χ1n) is 10.9. The Morgan fingerprint density at radius 2 is 1.19 bits per heavy atom.